The minimum Gasteiger partial charge on any atom is -0.496 e. The van der Waals surface area contributed by atoms with Crippen molar-refractivity contribution in [1.82, 2.24) is 4.90 Å². The van der Waals surface area contributed by atoms with Crippen molar-refractivity contribution in [3.63, 3.8) is 0 Å². The molecule has 0 saturated carbocycles. The van der Waals surface area contributed by atoms with E-state index in [0.29, 0.717) is 6.54 Å². The summed E-state index contributed by atoms with van der Waals surface area (Å²) in [6, 6.07) is 5.60. The van der Waals surface area contributed by atoms with Crippen LogP contribution in [0.2, 0.25) is 0 Å². The van der Waals surface area contributed by atoms with Gasteiger partial charge >= 0.3 is 5.97 Å². The first-order valence-corrected chi connectivity index (χ1v) is 7.45. The van der Waals surface area contributed by atoms with Crippen molar-refractivity contribution in [2.24, 2.45) is 5.41 Å². The molecule has 21 heavy (non-hydrogen) atoms. The topological polar surface area (TPSA) is 49.8 Å². The lowest BCUT2D eigenvalue weighted by Crippen LogP contribution is -2.53. The van der Waals surface area contributed by atoms with E-state index in [0.717, 1.165) is 36.3 Å². The Hall–Kier alpha value is -1.55. The van der Waals surface area contributed by atoms with Crippen molar-refractivity contribution in [1.29, 1.82) is 0 Å². The van der Waals surface area contributed by atoms with E-state index in [1.165, 1.54) is 0 Å². The van der Waals surface area contributed by atoms with Crippen molar-refractivity contribution in [3.05, 3.63) is 29.3 Å². The van der Waals surface area contributed by atoms with Crippen LogP contribution >= 0.6 is 0 Å². The third-order valence-electron chi connectivity index (χ3n) is 4.42. The van der Waals surface area contributed by atoms with Crippen LogP contribution in [-0.4, -0.2) is 35.7 Å². The number of benzene rings is 1. The van der Waals surface area contributed by atoms with E-state index in [1.807, 2.05) is 32.9 Å². The summed E-state index contributed by atoms with van der Waals surface area (Å²) in [5, 5.41) is 9.63. The number of likely N-dealkylation sites (tertiary alicyclic amines) is 1. The van der Waals surface area contributed by atoms with E-state index in [-0.39, 0.29) is 5.41 Å². The van der Waals surface area contributed by atoms with E-state index < -0.39 is 12.0 Å². The van der Waals surface area contributed by atoms with Crippen molar-refractivity contribution in [2.45, 2.75) is 46.2 Å². The average molecular weight is 291 g/mol. The van der Waals surface area contributed by atoms with Gasteiger partial charge in [-0.2, -0.15) is 0 Å². The number of ether oxygens (including phenoxy) is 1. The zero-order valence-corrected chi connectivity index (χ0v) is 13.3. The molecule has 1 fully saturated rings. The molecule has 1 saturated heterocycles. The number of aliphatic carboxylic acids is 1. The SMILES string of the molecule is COc1ccc(C)cc1CN1CCCC(C)(C)C1C(=O)O. The standard InChI is InChI=1S/C17H25NO3/c1-12-6-7-14(21-4)13(10-12)11-18-9-5-8-17(2,3)15(18)16(19)20/h6-7,10,15H,5,8-9,11H2,1-4H3,(H,19,20). The third-order valence-corrected chi connectivity index (χ3v) is 4.42. The van der Waals surface area contributed by atoms with Gasteiger partial charge in [0.25, 0.3) is 0 Å². The highest BCUT2D eigenvalue weighted by molar-refractivity contribution is 5.74. The van der Waals surface area contributed by atoms with Gasteiger partial charge in [-0.15, -0.1) is 0 Å². The van der Waals surface area contributed by atoms with Crippen LogP contribution < -0.4 is 4.74 Å². The molecule has 4 heteroatoms. The molecule has 1 atom stereocenters. The minimum absolute atomic E-state index is 0.207. The molecular weight excluding hydrogens is 266 g/mol. The Bertz CT molecular complexity index is 525. The number of methoxy groups -OCH3 is 1. The smallest absolute Gasteiger partial charge is 0.321 e. The van der Waals surface area contributed by atoms with Gasteiger partial charge in [-0.05, 0) is 37.8 Å². The lowest BCUT2D eigenvalue weighted by molar-refractivity contribution is -0.151. The second-order valence-electron chi connectivity index (χ2n) is 6.62. The number of nitrogens with zero attached hydrogens (tertiary/aromatic N) is 1. The molecule has 0 bridgehead atoms. The summed E-state index contributed by atoms with van der Waals surface area (Å²) in [5.74, 6) is 0.0967. The normalized spacial score (nSPS) is 22.0. The van der Waals surface area contributed by atoms with Gasteiger partial charge in [0.2, 0.25) is 0 Å². The van der Waals surface area contributed by atoms with E-state index in [4.69, 9.17) is 4.74 Å². The molecule has 0 spiro atoms. The molecule has 1 heterocycles. The summed E-state index contributed by atoms with van der Waals surface area (Å²) in [7, 11) is 1.66. The van der Waals surface area contributed by atoms with E-state index in [2.05, 4.69) is 11.0 Å². The summed E-state index contributed by atoms with van der Waals surface area (Å²) in [5.41, 5.74) is 2.01. The molecule has 0 amide bonds. The fourth-order valence-electron chi connectivity index (χ4n) is 3.41. The van der Waals surface area contributed by atoms with Crippen LogP contribution in [0, 0.1) is 12.3 Å². The zero-order valence-electron chi connectivity index (χ0n) is 13.3. The quantitative estimate of drug-likeness (QED) is 0.926. The van der Waals surface area contributed by atoms with E-state index in [1.54, 1.807) is 7.11 Å². The van der Waals surface area contributed by atoms with Crippen LogP contribution in [0.3, 0.4) is 0 Å². The van der Waals surface area contributed by atoms with Gasteiger partial charge in [0.15, 0.2) is 0 Å². The van der Waals surface area contributed by atoms with Gasteiger partial charge in [0.1, 0.15) is 11.8 Å². The molecule has 1 aromatic rings. The number of hydrogen-bond acceptors (Lipinski definition) is 3. The van der Waals surface area contributed by atoms with E-state index in [9.17, 15) is 9.90 Å². The van der Waals surface area contributed by atoms with Crippen LogP contribution in [-0.2, 0) is 11.3 Å². The number of hydrogen-bond donors (Lipinski definition) is 1. The fourth-order valence-corrected chi connectivity index (χ4v) is 3.41. The summed E-state index contributed by atoms with van der Waals surface area (Å²) >= 11 is 0. The molecule has 0 aliphatic carbocycles. The Labute approximate surface area is 126 Å². The molecule has 0 radical (unpaired) electrons. The first kappa shape index (κ1) is 15.8. The molecule has 1 aliphatic heterocycles. The van der Waals surface area contributed by atoms with Gasteiger partial charge in [0, 0.05) is 12.1 Å². The molecule has 1 N–H and O–H groups in total. The Morgan fingerprint density at radius 2 is 2.19 bits per heavy atom. The lowest BCUT2D eigenvalue weighted by Gasteiger charge is -2.44. The van der Waals surface area contributed by atoms with Gasteiger partial charge in [-0.1, -0.05) is 31.5 Å². The van der Waals surface area contributed by atoms with Gasteiger partial charge in [0.05, 0.1) is 7.11 Å². The van der Waals surface area contributed by atoms with Gasteiger partial charge in [-0.25, -0.2) is 0 Å². The minimum atomic E-state index is -0.730. The van der Waals surface area contributed by atoms with Crippen LogP contribution in [0.5, 0.6) is 5.75 Å². The Balaban J connectivity index is 2.28. The lowest BCUT2D eigenvalue weighted by atomic mass is 9.76. The van der Waals surface area contributed by atoms with Crippen molar-refractivity contribution >= 4 is 5.97 Å². The third kappa shape index (κ3) is 3.38. The van der Waals surface area contributed by atoms with E-state index >= 15 is 0 Å². The van der Waals surface area contributed by atoms with Crippen LogP contribution in [0.1, 0.15) is 37.8 Å². The first-order valence-electron chi connectivity index (χ1n) is 7.45. The number of piperidine rings is 1. The predicted molar refractivity (Wildman–Crippen MR) is 82.6 cm³/mol. The highest BCUT2D eigenvalue weighted by Gasteiger charge is 2.42. The largest absolute Gasteiger partial charge is 0.496 e. The number of carboxylic acid groups (broad SMARTS) is 1. The molecular formula is C17H25NO3. The Morgan fingerprint density at radius 3 is 2.81 bits per heavy atom. The summed E-state index contributed by atoms with van der Waals surface area (Å²) in [6.45, 7) is 7.57. The highest BCUT2D eigenvalue weighted by atomic mass is 16.5. The van der Waals surface area contributed by atoms with Crippen molar-refractivity contribution in [3.8, 4) is 5.75 Å². The second-order valence-corrected chi connectivity index (χ2v) is 6.62. The fraction of sp³-hybridized carbons (Fsp3) is 0.588. The first-order chi connectivity index (χ1) is 9.85. The number of carboxylic acids is 1. The van der Waals surface area contributed by atoms with Crippen molar-refractivity contribution < 1.29 is 14.6 Å². The maximum Gasteiger partial charge on any atom is 0.321 e. The van der Waals surface area contributed by atoms with Crippen LogP contribution in [0.15, 0.2) is 18.2 Å². The van der Waals surface area contributed by atoms with Crippen molar-refractivity contribution in [2.75, 3.05) is 13.7 Å². The average Bonchev–Trinajstić information content (AvgIpc) is 2.37. The Morgan fingerprint density at radius 1 is 1.48 bits per heavy atom. The summed E-state index contributed by atoms with van der Waals surface area (Å²) < 4.78 is 5.42. The molecule has 2 rings (SSSR count). The number of aryl methyl sites for hydroxylation is 1. The van der Waals surface area contributed by atoms with Crippen LogP contribution in [0.4, 0.5) is 0 Å². The number of rotatable bonds is 4. The molecule has 116 valence electrons. The van der Waals surface area contributed by atoms with Gasteiger partial charge < -0.3 is 9.84 Å². The molecule has 1 aliphatic rings. The second kappa shape index (κ2) is 6.06. The Kier molecular flexibility index (Phi) is 4.57. The predicted octanol–water partition coefficient (Wildman–Crippen LogP) is 3.08. The molecule has 4 nitrogen and oxygen atoms in total. The van der Waals surface area contributed by atoms with Gasteiger partial charge in [-0.3, -0.25) is 9.69 Å². The number of carbonyl (C=O) groups is 1. The zero-order chi connectivity index (χ0) is 15.6. The maximum absolute atomic E-state index is 11.7. The maximum atomic E-state index is 11.7. The van der Waals surface area contributed by atoms with Crippen LogP contribution in [0.25, 0.3) is 0 Å². The molecule has 1 unspecified atom stereocenters. The monoisotopic (exact) mass is 291 g/mol. The summed E-state index contributed by atoms with van der Waals surface area (Å²) in [4.78, 5) is 13.8. The highest BCUT2D eigenvalue weighted by Crippen LogP contribution is 2.36. The molecule has 0 aromatic heterocycles. The molecule has 1 aromatic carbocycles. The summed E-state index contributed by atoms with van der Waals surface area (Å²) in [6.07, 6.45) is 1.98.